The number of urea groups is 1. The van der Waals surface area contributed by atoms with E-state index in [1.807, 2.05) is 9.80 Å². The Hall–Kier alpha value is -2.12. The number of nitrogens with one attached hydrogen (secondary N) is 1. The molecule has 7 heteroatoms. The van der Waals surface area contributed by atoms with E-state index in [0.717, 1.165) is 57.4 Å². The Morgan fingerprint density at radius 2 is 1.93 bits per heavy atom. The number of carboxylic acid groups (broad SMARTS) is 1. The second-order valence-electron chi connectivity index (χ2n) is 7.99. The van der Waals surface area contributed by atoms with Crippen LogP contribution in [0, 0.1) is 0 Å². The first-order chi connectivity index (χ1) is 13.6. The first kappa shape index (κ1) is 19.2. The molecule has 2 amide bonds. The van der Waals surface area contributed by atoms with E-state index < -0.39 is 5.97 Å². The van der Waals surface area contributed by atoms with Gasteiger partial charge in [-0.1, -0.05) is 6.07 Å². The highest BCUT2D eigenvalue weighted by atomic mass is 16.4. The molecule has 2 fully saturated rings. The van der Waals surface area contributed by atoms with Crippen molar-refractivity contribution in [1.82, 2.24) is 15.1 Å². The van der Waals surface area contributed by atoms with Crippen molar-refractivity contribution in [2.45, 2.75) is 44.7 Å². The lowest BCUT2D eigenvalue weighted by Gasteiger charge is -2.40. The lowest BCUT2D eigenvalue weighted by atomic mass is 10.0. The standard InChI is InChI=1S/C21H30N4O3/c26-20(27)8-12-23-11-2-1-3-19(23)25-14-13-24(21(25)28)18-5-4-16-6-9-22-10-7-17(16)15-18/h4-5,15,19,22H,1-3,6-14H2,(H,26,27). The summed E-state index contributed by atoms with van der Waals surface area (Å²) in [6, 6.07) is 6.49. The van der Waals surface area contributed by atoms with Crippen molar-refractivity contribution in [2.75, 3.05) is 44.2 Å². The molecule has 1 atom stereocenters. The summed E-state index contributed by atoms with van der Waals surface area (Å²) in [4.78, 5) is 30.2. The number of carboxylic acids is 1. The van der Waals surface area contributed by atoms with Gasteiger partial charge in [0.1, 0.15) is 0 Å². The van der Waals surface area contributed by atoms with Crippen LogP contribution in [-0.4, -0.2) is 72.3 Å². The van der Waals surface area contributed by atoms with Crippen LogP contribution in [0.1, 0.15) is 36.8 Å². The second kappa shape index (κ2) is 8.49. The Morgan fingerprint density at radius 1 is 1.11 bits per heavy atom. The molecule has 2 N–H and O–H groups in total. The summed E-state index contributed by atoms with van der Waals surface area (Å²) < 4.78 is 0. The molecule has 28 heavy (non-hydrogen) atoms. The van der Waals surface area contributed by atoms with Crippen molar-refractivity contribution < 1.29 is 14.7 Å². The van der Waals surface area contributed by atoms with Crippen molar-refractivity contribution in [3.8, 4) is 0 Å². The second-order valence-corrected chi connectivity index (χ2v) is 7.99. The molecule has 0 aromatic heterocycles. The van der Waals surface area contributed by atoms with Gasteiger partial charge >= 0.3 is 12.0 Å². The maximum atomic E-state index is 13.2. The Balaban J connectivity index is 1.48. The summed E-state index contributed by atoms with van der Waals surface area (Å²) in [7, 11) is 0. The highest BCUT2D eigenvalue weighted by molar-refractivity contribution is 5.94. The van der Waals surface area contributed by atoms with Gasteiger partial charge in [0, 0.05) is 31.9 Å². The average molecular weight is 386 g/mol. The van der Waals surface area contributed by atoms with Crippen LogP contribution in [0.2, 0.25) is 0 Å². The van der Waals surface area contributed by atoms with E-state index in [9.17, 15) is 9.59 Å². The van der Waals surface area contributed by atoms with Crippen molar-refractivity contribution >= 4 is 17.7 Å². The first-order valence-corrected chi connectivity index (χ1v) is 10.5. The topological polar surface area (TPSA) is 76.1 Å². The van der Waals surface area contributed by atoms with E-state index in [0.29, 0.717) is 19.6 Å². The van der Waals surface area contributed by atoms with Crippen LogP contribution in [0.5, 0.6) is 0 Å². The average Bonchev–Trinajstić information content (AvgIpc) is 2.92. The first-order valence-electron chi connectivity index (χ1n) is 10.5. The number of anilines is 1. The van der Waals surface area contributed by atoms with Gasteiger partial charge in [-0.25, -0.2) is 4.79 Å². The molecule has 1 aromatic carbocycles. The number of amides is 2. The number of hydrogen-bond acceptors (Lipinski definition) is 4. The zero-order valence-electron chi connectivity index (χ0n) is 16.4. The Labute approximate surface area is 166 Å². The number of carbonyl (C=O) groups is 2. The van der Waals surface area contributed by atoms with Crippen LogP contribution in [0.25, 0.3) is 0 Å². The van der Waals surface area contributed by atoms with Crippen LogP contribution in [0.4, 0.5) is 10.5 Å². The van der Waals surface area contributed by atoms with E-state index in [1.165, 1.54) is 11.1 Å². The molecule has 0 radical (unpaired) electrons. The van der Waals surface area contributed by atoms with Crippen LogP contribution in [0.15, 0.2) is 18.2 Å². The number of piperidine rings is 1. The molecular formula is C21H30N4O3. The molecule has 0 aliphatic carbocycles. The van der Waals surface area contributed by atoms with Gasteiger partial charge in [-0.2, -0.15) is 0 Å². The van der Waals surface area contributed by atoms with E-state index in [4.69, 9.17) is 5.11 Å². The highest BCUT2D eigenvalue weighted by Gasteiger charge is 2.38. The van der Waals surface area contributed by atoms with Crippen molar-refractivity contribution in [3.05, 3.63) is 29.3 Å². The monoisotopic (exact) mass is 386 g/mol. The summed E-state index contributed by atoms with van der Waals surface area (Å²) in [5.74, 6) is -0.779. The van der Waals surface area contributed by atoms with Crippen molar-refractivity contribution in [1.29, 1.82) is 0 Å². The minimum Gasteiger partial charge on any atom is -0.481 e. The van der Waals surface area contributed by atoms with Crippen molar-refractivity contribution in [2.24, 2.45) is 0 Å². The maximum Gasteiger partial charge on any atom is 0.325 e. The van der Waals surface area contributed by atoms with Gasteiger partial charge in [-0.3, -0.25) is 14.6 Å². The van der Waals surface area contributed by atoms with Gasteiger partial charge in [-0.15, -0.1) is 0 Å². The molecule has 7 nitrogen and oxygen atoms in total. The SMILES string of the molecule is O=C(O)CCN1CCCCC1N1CCN(c2ccc3c(c2)CCNCC3)C1=O. The van der Waals surface area contributed by atoms with Gasteiger partial charge in [0.15, 0.2) is 0 Å². The number of fused-ring (bicyclic) bond motifs is 1. The predicted molar refractivity (Wildman–Crippen MR) is 108 cm³/mol. The van der Waals surface area contributed by atoms with Crippen LogP contribution in [0.3, 0.4) is 0 Å². The van der Waals surface area contributed by atoms with Gasteiger partial charge < -0.3 is 15.3 Å². The molecule has 3 aliphatic heterocycles. The van der Waals surface area contributed by atoms with Crippen LogP contribution >= 0.6 is 0 Å². The zero-order chi connectivity index (χ0) is 19.5. The molecule has 0 saturated carbocycles. The third kappa shape index (κ3) is 4.00. The number of likely N-dealkylation sites (tertiary alicyclic amines) is 1. The van der Waals surface area contributed by atoms with E-state index >= 15 is 0 Å². The Kier molecular flexibility index (Phi) is 5.82. The molecule has 4 rings (SSSR count). The summed E-state index contributed by atoms with van der Waals surface area (Å²) in [5.41, 5.74) is 3.71. The number of aliphatic carboxylic acids is 1. The number of nitrogens with zero attached hydrogens (tertiary/aromatic N) is 3. The third-order valence-corrected chi connectivity index (χ3v) is 6.24. The van der Waals surface area contributed by atoms with E-state index in [1.54, 1.807) is 0 Å². The molecule has 3 heterocycles. The van der Waals surface area contributed by atoms with Crippen LogP contribution in [-0.2, 0) is 17.6 Å². The molecule has 0 bridgehead atoms. The number of rotatable bonds is 5. The summed E-state index contributed by atoms with van der Waals surface area (Å²) in [5, 5.41) is 12.5. The molecule has 3 aliphatic rings. The highest BCUT2D eigenvalue weighted by Crippen LogP contribution is 2.29. The van der Waals surface area contributed by atoms with Gasteiger partial charge in [0.05, 0.1) is 12.6 Å². The fourth-order valence-electron chi connectivity index (χ4n) is 4.72. The largest absolute Gasteiger partial charge is 0.481 e. The molecule has 2 saturated heterocycles. The third-order valence-electron chi connectivity index (χ3n) is 6.24. The number of hydrogen-bond donors (Lipinski definition) is 2. The fraction of sp³-hybridized carbons (Fsp3) is 0.619. The zero-order valence-corrected chi connectivity index (χ0v) is 16.4. The molecule has 0 spiro atoms. The van der Waals surface area contributed by atoms with E-state index in [-0.39, 0.29) is 18.6 Å². The van der Waals surface area contributed by atoms with Gasteiger partial charge in [0.2, 0.25) is 0 Å². The van der Waals surface area contributed by atoms with Crippen molar-refractivity contribution in [3.63, 3.8) is 0 Å². The maximum absolute atomic E-state index is 13.2. The summed E-state index contributed by atoms with van der Waals surface area (Å²) in [6.07, 6.45) is 5.27. The summed E-state index contributed by atoms with van der Waals surface area (Å²) in [6.45, 7) is 4.77. The summed E-state index contributed by atoms with van der Waals surface area (Å²) >= 11 is 0. The van der Waals surface area contributed by atoms with Crippen LogP contribution < -0.4 is 10.2 Å². The Morgan fingerprint density at radius 3 is 2.75 bits per heavy atom. The lowest BCUT2D eigenvalue weighted by Crippen LogP contribution is -2.52. The lowest BCUT2D eigenvalue weighted by molar-refractivity contribution is -0.137. The Bertz CT molecular complexity index is 738. The predicted octanol–water partition coefficient (Wildman–Crippen LogP) is 1.90. The smallest absolute Gasteiger partial charge is 0.325 e. The van der Waals surface area contributed by atoms with Gasteiger partial charge in [-0.05, 0) is 68.5 Å². The molecule has 152 valence electrons. The number of carbonyl (C=O) groups excluding carboxylic acids is 1. The minimum absolute atomic E-state index is 0.0237. The quantitative estimate of drug-likeness (QED) is 0.808. The van der Waals surface area contributed by atoms with Gasteiger partial charge in [0.25, 0.3) is 0 Å². The molecular weight excluding hydrogens is 356 g/mol. The molecule has 1 unspecified atom stereocenters. The van der Waals surface area contributed by atoms with E-state index in [2.05, 4.69) is 28.4 Å². The molecule has 1 aromatic rings. The number of benzene rings is 1. The normalized spacial score (nSPS) is 23.6. The minimum atomic E-state index is -0.779. The fourth-order valence-corrected chi connectivity index (χ4v) is 4.72.